The minimum Gasteiger partial charge on any atom is -0.396 e. The van der Waals surface area contributed by atoms with Gasteiger partial charge in [0.2, 0.25) is 5.91 Å². The van der Waals surface area contributed by atoms with Crippen LogP contribution in [0.15, 0.2) is 0 Å². The summed E-state index contributed by atoms with van der Waals surface area (Å²) in [5, 5.41) is 11.4. The average molecular weight is 426 g/mol. The van der Waals surface area contributed by atoms with Crippen molar-refractivity contribution in [1.29, 1.82) is 0 Å². The fourth-order valence-corrected chi connectivity index (χ4v) is 6.98. The van der Waals surface area contributed by atoms with Crippen LogP contribution in [0, 0.1) is 23.2 Å². The van der Waals surface area contributed by atoms with Gasteiger partial charge >= 0.3 is 0 Å². The molecule has 0 aliphatic heterocycles. The Morgan fingerprint density at radius 3 is 2.33 bits per heavy atom. The van der Waals surface area contributed by atoms with Crippen LogP contribution in [-0.4, -0.2) is 76.0 Å². The number of carbonyl (C=O) groups is 1. The predicted octanol–water partition coefficient (Wildman–Crippen LogP) is 1.91. The quantitative estimate of drug-likeness (QED) is 0.368. The molecule has 30 heavy (non-hydrogen) atoms. The number of nitrogens with one attached hydrogen (secondary N) is 1. The molecular weight excluding hydrogens is 386 g/mol. The van der Waals surface area contributed by atoms with E-state index in [1.54, 1.807) is 0 Å². The van der Waals surface area contributed by atoms with Crippen LogP contribution >= 0.6 is 0 Å². The van der Waals surface area contributed by atoms with Crippen molar-refractivity contribution in [2.45, 2.75) is 57.0 Å². The van der Waals surface area contributed by atoms with Gasteiger partial charge in [-0.25, -0.2) is 0 Å². The first-order chi connectivity index (χ1) is 14.7. The highest BCUT2D eigenvalue weighted by Gasteiger charge is 2.75. The zero-order chi connectivity index (χ0) is 20.9. The zero-order valence-electron chi connectivity index (χ0n) is 18.2. The first-order valence-corrected chi connectivity index (χ1v) is 11.9. The molecule has 4 fully saturated rings. The molecular formula is C23H39NO6. The van der Waals surface area contributed by atoms with Gasteiger partial charge in [-0.3, -0.25) is 4.79 Å². The summed E-state index contributed by atoms with van der Waals surface area (Å²) in [6, 6.07) is 0. The molecule has 4 aliphatic rings. The molecule has 0 heterocycles. The summed E-state index contributed by atoms with van der Waals surface area (Å²) in [7, 11) is 0. The molecule has 172 valence electrons. The van der Waals surface area contributed by atoms with E-state index >= 15 is 0 Å². The second-order valence-corrected chi connectivity index (χ2v) is 9.73. The number of hydrogen-bond donors (Lipinski definition) is 2. The number of ether oxygens (including phenoxy) is 4. The second kappa shape index (κ2) is 10.3. The van der Waals surface area contributed by atoms with E-state index in [2.05, 4.69) is 5.32 Å². The Hall–Kier alpha value is -0.730. The van der Waals surface area contributed by atoms with Crippen LogP contribution in [0.2, 0.25) is 0 Å². The van der Waals surface area contributed by atoms with Crippen molar-refractivity contribution >= 4 is 5.91 Å². The van der Waals surface area contributed by atoms with Gasteiger partial charge in [-0.1, -0.05) is 0 Å². The topological polar surface area (TPSA) is 86.3 Å². The summed E-state index contributed by atoms with van der Waals surface area (Å²) in [4.78, 5) is 11.3. The van der Waals surface area contributed by atoms with Gasteiger partial charge in [0.25, 0.3) is 0 Å². The lowest BCUT2D eigenvalue weighted by Crippen LogP contribution is -2.59. The number of aliphatic hydroxyl groups is 1. The van der Waals surface area contributed by atoms with E-state index in [1.165, 1.54) is 38.5 Å². The maximum atomic E-state index is 11.3. The van der Waals surface area contributed by atoms with Gasteiger partial charge in [0, 0.05) is 25.0 Å². The Labute approximate surface area is 180 Å². The van der Waals surface area contributed by atoms with E-state index in [-0.39, 0.29) is 18.1 Å². The molecule has 5 atom stereocenters. The van der Waals surface area contributed by atoms with Gasteiger partial charge in [0.15, 0.2) is 0 Å². The number of carbonyl (C=O) groups excluding carboxylic acids is 1. The molecule has 1 spiro atoms. The Morgan fingerprint density at radius 1 is 0.867 bits per heavy atom. The Morgan fingerprint density at radius 2 is 1.57 bits per heavy atom. The third-order valence-electron chi connectivity index (χ3n) is 7.95. The van der Waals surface area contributed by atoms with E-state index in [0.717, 1.165) is 17.8 Å². The fraction of sp³-hybridized carbons (Fsp3) is 0.957. The van der Waals surface area contributed by atoms with Crippen molar-refractivity contribution in [1.82, 2.24) is 5.32 Å². The molecule has 3 bridgehead atoms. The summed E-state index contributed by atoms with van der Waals surface area (Å²) in [6.07, 6.45) is 9.25. The molecule has 0 saturated heterocycles. The molecule has 0 aromatic carbocycles. The van der Waals surface area contributed by atoms with Crippen molar-refractivity contribution in [3.63, 3.8) is 0 Å². The van der Waals surface area contributed by atoms with Crippen LogP contribution in [0.3, 0.4) is 0 Å². The predicted molar refractivity (Wildman–Crippen MR) is 111 cm³/mol. The van der Waals surface area contributed by atoms with Gasteiger partial charge in [-0.15, -0.1) is 0 Å². The zero-order valence-corrected chi connectivity index (χ0v) is 18.2. The van der Waals surface area contributed by atoms with Crippen molar-refractivity contribution in [2.75, 3.05) is 59.4 Å². The number of amides is 1. The molecule has 5 unspecified atom stereocenters. The van der Waals surface area contributed by atoms with Crippen LogP contribution in [0.1, 0.15) is 51.4 Å². The molecule has 2 N–H and O–H groups in total. The highest BCUT2D eigenvalue weighted by atomic mass is 16.6. The summed E-state index contributed by atoms with van der Waals surface area (Å²) in [5.74, 6) is 2.82. The standard InChI is InChI=1S/C23H39NO6/c25-4-1-2-21(26)24-3-5-27-6-7-28-8-9-29-10-11-30-23-16-19-12-18-13-20(17-23)22(23,14-18)15-19/h18-20,25H,1-17H2,(H,24,26). The van der Waals surface area contributed by atoms with Crippen LogP contribution in [-0.2, 0) is 23.7 Å². The normalized spacial score (nSPS) is 35.4. The minimum absolute atomic E-state index is 0.0424. The number of fused-ring (bicyclic) bond motifs is 2. The molecule has 0 radical (unpaired) electrons. The fourth-order valence-electron chi connectivity index (χ4n) is 6.98. The maximum Gasteiger partial charge on any atom is 0.220 e. The van der Waals surface area contributed by atoms with Crippen molar-refractivity contribution in [3.05, 3.63) is 0 Å². The van der Waals surface area contributed by atoms with E-state index in [0.29, 0.717) is 71.0 Å². The van der Waals surface area contributed by atoms with Crippen LogP contribution in [0.25, 0.3) is 0 Å². The average Bonchev–Trinajstić information content (AvgIpc) is 3.05. The lowest BCUT2D eigenvalue weighted by Gasteiger charge is -2.58. The van der Waals surface area contributed by atoms with Gasteiger partial charge in [-0.2, -0.15) is 0 Å². The number of rotatable bonds is 16. The third kappa shape index (κ3) is 4.70. The largest absolute Gasteiger partial charge is 0.396 e. The molecule has 0 aromatic rings. The summed E-state index contributed by atoms with van der Waals surface area (Å²) in [6.45, 7) is 4.51. The van der Waals surface area contributed by atoms with Crippen LogP contribution < -0.4 is 5.32 Å². The number of aliphatic hydroxyl groups excluding tert-OH is 1. The highest BCUT2D eigenvalue weighted by Crippen LogP contribution is 2.78. The Bertz CT molecular complexity index is 568. The van der Waals surface area contributed by atoms with Crippen molar-refractivity contribution in [2.24, 2.45) is 23.2 Å². The second-order valence-electron chi connectivity index (χ2n) is 9.73. The molecule has 0 aromatic heterocycles. The van der Waals surface area contributed by atoms with Gasteiger partial charge < -0.3 is 29.4 Å². The molecule has 4 rings (SSSR count). The lowest BCUT2D eigenvalue weighted by atomic mass is 9.52. The van der Waals surface area contributed by atoms with Gasteiger partial charge in [0.1, 0.15) is 0 Å². The van der Waals surface area contributed by atoms with Crippen molar-refractivity contribution in [3.8, 4) is 0 Å². The summed E-state index contributed by atoms with van der Waals surface area (Å²) in [5.41, 5.74) is 0.745. The van der Waals surface area contributed by atoms with E-state index in [4.69, 9.17) is 24.1 Å². The molecule has 7 nitrogen and oxygen atoms in total. The van der Waals surface area contributed by atoms with Crippen LogP contribution in [0.4, 0.5) is 0 Å². The highest BCUT2D eigenvalue weighted by molar-refractivity contribution is 5.75. The minimum atomic E-state index is -0.0511. The first-order valence-electron chi connectivity index (χ1n) is 11.9. The van der Waals surface area contributed by atoms with Crippen LogP contribution in [0.5, 0.6) is 0 Å². The van der Waals surface area contributed by atoms with E-state index in [9.17, 15) is 4.79 Å². The lowest BCUT2D eigenvalue weighted by molar-refractivity contribution is -0.217. The monoisotopic (exact) mass is 425 g/mol. The van der Waals surface area contributed by atoms with E-state index < -0.39 is 0 Å². The van der Waals surface area contributed by atoms with Gasteiger partial charge in [0.05, 0.1) is 51.8 Å². The van der Waals surface area contributed by atoms with Crippen molar-refractivity contribution < 1.29 is 28.8 Å². The molecule has 1 amide bonds. The Kier molecular flexibility index (Phi) is 7.68. The first kappa shape index (κ1) is 22.5. The third-order valence-corrected chi connectivity index (χ3v) is 7.95. The summed E-state index contributed by atoms with van der Waals surface area (Å²) >= 11 is 0. The molecule has 7 heteroatoms. The SMILES string of the molecule is O=C(CCCO)NCCOCCOCCOCCOC12CC3CC4CC(C1)C2(C4)C3. The smallest absolute Gasteiger partial charge is 0.220 e. The number of hydrogen-bond acceptors (Lipinski definition) is 6. The maximum absolute atomic E-state index is 11.3. The molecule has 4 aliphatic carbocycles. The van der Waals surface area contributed by atoms with Gasteiger partial charge in [-0.05, 0) is 62.7 Å². The Balaban J connectivity index is 0.944. The van der Waals surface area contributed by atoms with E-state index in [1.807, 2.05) is 0 Å². The summed E-state index contributed by atoms with van der Waals surface area (Å²) < 4.78 is 23.1. The molecule has 4 saturated carbocycles.